The number of benzene rings is 2. The molecule has 4 aromatic rings. The van der Waals surface area contributed by atoms with E-state index >= 15 is 0 Å². The number of aryl methyl sites for hydroxylation is 2. The predicted octanol–water partition coefficient (Wildman–Crippen LogP) is 5.78. The summed E-state index contributed by atoms with van der Waals surface area (Å²) in [6, 6.07) is 17.7. The van der Waals surface area contributed by atoms with Gasteiger partial charge in [-0.1, -0.05) is 36.0 Å². The highest BCUT2D eigenvalue weighted by Crippen LogP contribution is 2.37. The summed E-state index contributed by atoms with van der Waals surface area (Å²) in [4.78, 5) is 8.89. The zero-order valence-corrected chi connectivity index (χ0v) is 21.1. The number of pyridine rings is 1. The Morgan fingerprint density at radius 1 is 1.03 bits per heavy atom. The summed E-state index contributed by atoms with van der Waals surface area (Å²) in [5.74, 6) is 1.01. The Balaban J connectivity index is 1.65. The average Bonchev–Trinajstić information content (AvgIpc) is 3.26. The van der Waals surface area contributed by atoms with Crippen LogP contribution in [0.3, 0.4) is 0 Å². The number of nitrogens with zero attached hydrogens (tertiary/aromatic N) is 4. The van der Waals surface area contributed by atoms with Crippen LogP contribution < -0.4 is 5.73 Å². The van der Waals surface area contributed by atoms with Gasteiger partial charge >= 0.3 is 0 Å². The Hall–Kier alpha value is -4.18. The number of nitrogens with two attached hydrogens (primary N) is 1. The number of hydrogen-bond acceptors (Lipinski definition) is 8. The number of nitrogen functional groups attached to an aromatic ring is 1. The van der Waals surface area contributed by atoms with Crippen molar-refractivity contribution in [3.05, 3.63) is 82.5 Å². The smallest absolute Gasteiger partial charge is 0.226 e. The van der Waals surface area contributed by atoms with Gasteiger partial charge in [0.05, 0.1) is 17.4 Å². The molecular formula is C28H24FN5O2S. The van der Waals surface area contributed by atoms with Crippen LogP contribution in [0.15, 0.2) is 58.0 Å². The SMILES string of the molecule is Cc1oc(-c2ccc(F)cc2)nc1CSc1nc(N)c(C#N)c(-c2ccc(CC[C@H](C)O)cc2)c1C#N. The maximum atomic E-state index is 13.3. The van der Waals surface area contributed by atoms with Crippen molar-refractivity contribution in [3.63, 3.8) is 0 Å². The third-order valence-electron chi connectivity index (χ3n) is 5.84. The summed E-state index contributed by atoms with van der Waals surface area (Å²) >= 11 is 1.27. The molecule has 37 heavy (non-hydrogen) atoms. The van der Waals surface area contributed by atoms with Crippen LogP contribution in [0.4, 0.5) is 10.2 Å². The summed E-state index contributed by atoms with van der Waals surface area (Å²) in [7, 11) is 0. The zero-order chi connectivity index (χ0) is 26.5. The second-order valence-electron chi connectivity index (χ2n) is 8.55. The normalized spacial score (nSPS) is 11.6. The van der Waals surface area contributed by atoms with E-state index in [9.17, 15) is 20.0 Å². The first kappa shape index (κ1) is 25.9. The van der Waals surface area contributed by atoms with E-state index in [-0.39, 0.29) is 22.8 Å². The first-order chi connectivity index (χ1) is 17.8. The van der Waals surface area contributed by atoms with Gasteiger partial charge < -0.3 is 15.3 Å². The Morgan fingerprint density at radius 3 is 2.30 bits per heavy atom. The van der Waals surface area contributed by atoms with Crippen molar-refractivity contribution in [2.24, 2.45) is 0 Å². The Labute approximate surface area is 218 Å². The standard InChI is InChI=1S/C28H24FN5O2S/c1-16(35)3-4-18-5-7-19(8-6-18)25-22(13-30)26(32)34-28(23(25)14-31)37-15-24-17(2)36-27(33-24)20-9-11-21(29)12-10-20/h5-12,16,35H,3-4,15H2,1-2H3,(H2,32,34)/t16-/m0/s1. The fourth-order valence-electron chi connectivity index (χ4n) is 3.82. The number of halogens is 1. The molecule has 0 radical (unpaired) electrons. The molecule has 4 rings (SSSR count). The second-order valence-corrected chi connectivity index (χ2v) is 9.52. The first-order valence-electron chi connectivity index (χ1n) is 11.6. The Bertz CT molecular complexity index is 1500. The lowest BCUT2D eigenvalue weighted by atomic mass is 9.95. The van der Waals surface area contributed by atoms with E-state index in [1.165, 1.54) is 23.9 Å². The van der Waals surface area contributed by atoms with Crippen LogP contribution in [0.1, 0.15) is 41.5 Å². The van der Waals surface area contributed by atoms with Crippen molar-refractivity contribution >= 4 is 17.6 Å². The minimum absolute atomic E-state index is 0.0426. The molecule has 0 spiro atoms. The van der Waals surface area contributed by atoms with Crippen molar-refractivity contribution in [2.75, 3.05) is 5.73 Å². The minimum atomic E-state index is -0.394. The molecule has 7 nitrogen and oxygen atoms in total. The summed E-state index contributed by atoms with van der Waals surface area (Å²) < 4.78 is 19.0. The molecule has 0 amide bonds. The summed E-state index contributed by atoms with van der Waals surface area (Å²) in [5, 5.41) is 29.8. The van der Waals surface area contributed by atoms with Crippen molar-refractivity contribution in [1.29, 1.82) is 10.5 Å². The number of aromatic nitrogens is 2. The predicted molar refractivity (Wildman–Crippen MR) is 140 cm³/mol. The van der Waals surface area contributed by atoms with Crippen LogP contribution >= 0.6 is 11.8 Å². The lowest BCUT2D eigenvalue weighted by Crippen LogP contribution is -2.04. The van der Waals surface area contributed by atoms with Gasteiger partial charge in [0.2, 0.25) is 5.89 Å². The second kappa shape index (κ2) is 11.3. The van der Waals surface area contributed by atoms with Crippen molar-refractivity contribution in [1.82, 2.24) is 9.97 Å². The number of aliphatic hydroxyl groups excluding tert-OH is 1. The lowest BCUT2D eigenvalue weighted by molar-refractivity contribution is 0.185. The summed E-state index contributed by atoms with van der Waals surface area (Å²) in [6.45, 7) is 3.53. The molecule has 1 atom stereocenters. The highest BCUT2D eigenvalue weighted by molar-refractivity contribution is 7.98. The molecule has 0 saturated heterocycles. The van der Waals surface area contributed by atoms with E-state index < -0.39 is 6.10 Å². The maximum Gasteiger partial charge on any atom is 0.226 e. The van der Waals surface area contributed by atoms with Crippen LogP contribution in [0.5, 0.6) is 0 Å². The number of hydrogen-bond donors (Lipinski definition) is 2. The Morgan fingerprint density at radius 2 is 1.68 bits per heavy atom. The van der Waals surface area contributed by atoms with Gasteiger partial charge in [0.1, 0.15) is 40.1 Å². The highest BCUT2D eigenvalue weighted by Gasteiger charge is 2.21. The molecule has 186 valence electrons. The number of rotatable bonds is 8. The number of aliphatic hydroxyl groups is 1. The van der Waals surface area contributed by atoms with Gasteiger partial charge in [0, 0.05) is 16.9 Å². The van der Waals surface area contributed by atoms with Crippen LogP contribution in [-0.2, 0) is 12.2 Å². The zero-order valence-electron chi connectivity index (χ0n) is 20.3. The third kappa shape index (κ3) is 5.80. The molecule has 0 unspecified atom stereocenters. The summed E-state index contributed by atoms with van der Waals surface area (Å²) in [5.41, 5.74) is 10.0. The van der Waals surface area contributed by atoms with E-state index in [0.29, 0.717) is 57.7 Å². The van der Waals surface area contributed by atoms with E-state index in [4.69, 9.17) is 10.2 Å². The number of nitriles is 2. The molecule has 9 heteroatoms. The van der Waals surface area contributed by atoms with Crippen molar-refractivity contribution in [3.8, 4) is 34.7 Å². The van der Waals surface area contributed by atoms with Gasteiger partial charge in [-0.3, -0.25) is 0 Å². The molecule has 2 aromatic heterocycles. The summed E-state index contributed by atoms with van der Waals surface area (Å²) in [6.07, 6.45) is 0.958. The number of oxazole rings is 1. The molecule has 0 aliphatic carbocycles. The molecule has 0 bridgehead atoms. The van der Waals surface area contributed by atoms with Gasteiger partial charge in [-0.15, -0.1) is 0 Å². The number of anilines is 1. The van der Waals surface area contributed by atoms with Gasteiger partial charge in [-0.2, -0.15) is 10.5 Å². The topological polar surface area (TPSA) is 133 Å². The highest BCUT2D eigenvalue weighted by atomic mass is 32.2. The lowest BCUT2D eigenvalue weighted by Gasteiger charge is -2.13. The van der Waals surface area contributed by atoms with E-state index in [0.717, 1.165) is 5.56 Å². The quantitative estimate of drug-likeness (QED) is 0.283. The largest absolute Gasteiger partial charge is 0.441 e. The van der Waals surface area contributed by atoms with Crippen molar-refractivity contribution < 1.29 is 13.9 Å². The Kier molecular flexibility index (Phi) is 7.88. The average molecular weight is 514 g/mol. The van der Waals surface area contributed by atoms with E-state index in [2.05, 4.69) is 22.1 Å². The van der Waals surface area contributed by atoms with Crippen LogP contribution in [-0.4, -0.2) is 21.2 Å². The fourth-order valence-corrected chi connectivity index (χ4v) is 4.82. The molecular weight excluding hydrogens is 489 g/mol. The first-order valence-corrected chi connectivity index (χ1v) is 12.5. The fraction of sp³-hybridized carbons (Fsp3) is 0.214. The molecule has 0 aliphatic heterocycles. The monoisotopic (exact) mass is 513 g/mol. The minimum Gasteiger partial charge on any atom is -0.441 e. The molecule has 2 heterocycles. The van der Waals surface area contributed by atoms with Gasteiger partial charge in [0.15, 0.2) is 0 Å². The van der Waals surface area contributed by atoms with Crippen molar-refractivity contribution in [2.45, 2.75) is 43.6 Å². The molecule has 0 saturated carbocycles. The number of thioether (sulfide) groups is 1. The molecule has 3 N–H and O–H groups in total. The maximum absolute atomic E-state index is 13.3. The molecule has 0 fully saturated rings. The molecule has 0 aliphatic rings. The van der Waals surface area contributed by atoms with Gasteiger partial charge in [-0.25, -0.2) is 14.4 Å². The van der Waals surface area contributed by atoms with Gasteiger partial charge in [0.25, 0.3) is 0 Å². The van der Waals surface area contributed by atoms with Crippen LogP contribution in [0, 0.1) is 35.4 Å². The molecule has 2 aromatic carbocycles. The van der Waals surface area contributed by atoms with E-state index in [1.807, 2.05) is 24.3 Å². The van der Waals surface area contributed by atoms with E-state index in [1.54, 1.807) is 26.0 Å². The van der Waals surface area contributed by atoms with Gasteiger partial charge in [-0.05, 0) is 62.1 Å². The van der Waals surface area contributed by atoms with Crippen LogP contribution in [0.25, 0.3) is 22.6 Å². The third-order valence-corrected chi connectivity index (χ3v) is 6.83. The van der Waals surface area contributed by atoms with Crippen LogP contribution in [0.2, 0.25) is 0 Å².